The van der Waals surface area contributed by atoms with E-state index in [9.17, 15) is 24.0 Å². The number of Topliss-reactive ketones (excluding diaryl/α,β-unsaturated/α-hetero) is 1. The Labute approximate surface area is 166 Å². The summed E-state index contributed by atoms with van der Waals surface area (Å²) in [4.78, 5) is 63.4. The molecule has 0 aromatic heterocycles. The van der Waals surface area contributed by atoms with Gasteiger partial charge in [-0.2, -0.15) is 0 Å². The zero-order valence-corrected chi connectivity index (χ0v) is 15.9. The van der Waals surface area contributed by atoms with Crippen LogP contribution in [0.2, 0.25) is 0 Å². The zero-order chi connectivity index (χ0) is 19.9. The Bertz CT molecular complexity index is 937. The molecule has 29 heavy (non-hydrogen) atoms. The van der Waals surface area contributed by atoms with Crippen molar-refractivity contribution in [2.45, 2.75) is 44.9 Å². The first-order valence-corrected chi connectivity index (χ1v) is 10.9. The molecule has 5 saturated carbocycles. The third-order valence-corrected chi connectivity index (χ3v) is 10.2. The predicted octanol–water partition coefficient (Wildman–Crippen LogP) is 1.42. The first-order chi connectivity index (χ1) is 13.9. The fraction of sp³-hybridized carbons (Fsp3) is 0.773. The van der Waals surface area contributed by atoms with Crippen molar-refractivity contribution in [3.8, 4) is 0 Å². The molecular formula is C22H22O7. The number of esters is 4. The molecule has 0 aromatic carbocycles. The molecular weight excluding hydrogens is 376 g/mol. The van der Waals surface area contributed by atoms with Gasteiger partial charge in [0.2, 0.25) is 0 Å². The minimum Gasteiger partial charge on any atom is -0.393 e. The van der Waals surface area contributed by atoms with Gasteiger partial charge in [-0.25, -0.2) is 0 Å². The van der Waals surface area contributed by atoms with Gasteiger partial charge in [0.25, 0.3) is 0 Å². The molecule has 7 heteroatoms. The Morgan fingerprint density at radius 2 is 1.45 bits per heavy atom. The second-order valence-corrected chi connectivity index (χ2v) is 10.6. The highest BCUT2D eigenvalue weighted by Crippen LogP contribution is 2.75. The number of fused-ring (bicyclic) bond motifs is 8. The highest BCUT2D eigenvalue weighted by atomic mass is 16.6. The molecule has 2 aliphatic heterocycles. The smallest absolute Gasteiger partial charge is 0.317 e. The van der Waals surface area contributed by atoms with Crippen molar-refractivity contribution in [2.75, 3.05) is 0 Å². The standard InChI is InChI=1S/C22H22O7/c23-16-10-6-9-1-2-11(14(10)18(25)28-16)22(9)4-3-21(20(22)27)7-8-5-12(21)15-13(8)17(24)29-19(15)26/h8-15H,1-7H2. The first kappa shape index (κ1) is 16.7. The summed E-state index contributed by atoms with van der Waals surface area (Å²) in [6.45, 7) is 0. The summed E-state index contributed by atoms with van der Waals surface area (Å²) in [7, 11) is 0. The van der Waals surface area contributed by atoms with Crippen LogP contribution in [0.5, 0.6) is 0 Å². The first-order valence-electron chi connectivity index (χ1n) is 10.9. The fourth-order valence-electron chi connectivity index (χ4n) is 9.43. The third-order valence-electron chi connectivity index (χ3n) is 10.2. The van der Waals surface area contributed by atoms with Crippen LogP contribution >= 0.6 is 0 Å². The molecule has 7 aliphatic rings. The van der Waals surface area contributed by atoms with Crippen LogP contribution in [0.3, 0.4) is 0 Å². The monoisotopic (exact) mass is 398 g/mol. The van der Waals surface area contributed by atoms with Crippen molar-refractivity contribution in [1.82, 2.24) is 0 Å². The number of ketones is 1. The van der Waals surface area contributed by atoms with E-state index >= 15 is 0 Å². The van der Waals surface area contributed by atoms with Gasteiger partial charge in [-0.05, 0) is 68.6 Å². The molecule has 0 amide bonds. The molecule has 7 fully saturated rings. The minimum atomic E-state index is -0.560. The van der Waals surface area contributed by atoms with Gasteiger partial charge in [0.15, 0.2) is 0 Å². The van der Waals surface area contributed by atoms with Crippen molar-refractivity contribution in [3.63, 3.8) is 0 Å². The van der Waals surface area contributed by atoms with E-state index < -0.39 is 46.5 Å². The molecule has 0 aromatic rings. The zero-order valence-electron chi connectivity index (χ0n) is 15.9. The van der Waals surface area contributed by atoms with Crippen LogP contribution in [0.1, 0.15) is 44.9 Å². The molecule has 0 N–H and O–H groups in total. The lowest BCUT2D eigenvalue weighted by Crippen LogP contribution is -2.52. The lowest BCUT2D eigenvalue weighted by atomic mass is 9.54. The van der Waals surface area contributed by atoms with Crippen molar-refractivity contribution in [1.29, 1.82) is 0 Å². The van der Waals surface area contributed by atoms with Crippen LogP contribution in [-0.4, -0.2) is 29.7 Å². The lowest BCUT2D eigenvalue weighted by molar-refractivity contribution is -0.156. The van der Waals surface area contributed by atoms with Crippen LogP contribution in [0.25, 0.3) is 0 Å². The number of carbonyl (C=O) groups is 5. The largest absolute Gasteiger partial charge is 0.393 e. The van der Waals surface area contributed by atoms with E-state index in [4.69, 9.17) is 9.47 Å². The summed E-state index contributed by atoms with van der Waals surface area (Å²) in [5.41, 5.74) is -1.12. The van der Waals surface area contributed by atoms with Gasteiger partial charge >= 0.3 is 23.9 Å². The van der Waals surface area contributed by atoms with Crippen LogP contribution in [0.4, 0.5) is 0 Å². The van der Waals surface area contributed by atoms with Gasteiger partial charge in [0, 0.05) is 10.8 Å². The maximum absolute atomic E-state index is 14.2. The van der Waals surface area contributed by atoms with Gasteiger partial charge in [0.05, 0.1) is 23.7 Å². The van der Waals surface area contributed by atoms with Crippen LogP contribution in [-0.2, 0) is 33.4 Å². The molecule has 2 heterocycles. The normalized spacial score (nSPS) is 56.5. The molecule has 2 saturated heterocycles. The number of rotatable bonds is 0. The molecule has 4 bridgehead atoms. The van der Waals surface area contributed by atoms with E-state index in [1.165, 1.54) is 0 Å². The predicted molar refractivity (Wildman–Crippen MR) is 92.3 cm³/mol. The van der Waals surface area contributed by atoms with E-state index in [2.05, 4.69) is 0 Å². The van der Waals surface area contributed by atoms with Crippen molar-refractivity contribution < 1.29 is 33.4 Å². The number of hydrogen-bond acceptors (Lipinski definition) is 7. The van der Waals surface area contributed by atoms with Crippen molar-refractivity contribution in [3.05, 3.63) is 0 Å². The van der Waals surface area contributed by atoms with Gasteiger partial charge in [-0.1, -0.05) is 0 Å². The summed E-state index contributed by atoms with van der Waals surface area (Å²) in [6.07, 6.45) is 5.10. The van der Waals surface area contributed by atoms with Crippen molar-refractivity contribution in [2.24, 2.45) is 58.2 Å². The van der Waals surface area contributed by atoms with Gasteiger partial charge in [-0.15, -0.1) is 0 Å². The average molecular weight is 398 g/mol. The quantitative estimate of drug-likeness (QED) is 0.449. The molecule has 7 nitrogen and oxygen atoms in total. The maximum atomic E-state index is 14.2. The molecule has 7 rings (SSSR count). The Kier molecular flexibility index (Phi) is 2.77. The summed E-state index contributed by atoms with van der Waals surface area (Å²) in [5, 5.41) is 0. The van der Waals surface area contributed by atoms with Gasteiger partial charge in [0.1, 0.15) is 5.78 Å². The molecule has 10 unspecified atom stereocenters. The highest BCUT2D eigenvalue weighted by molar-refractivity contribution is 6.02. The van der Waals surface area contributed by atoms with E-state index in [1.807, 2.05) is 0 Å². The number of cyclic esters (lactones) is 4. The molecule has 5 aliphatic carbocycles. The van der Waals surface area contributed by atoms with Crippen LogP contribution < -0.4 is 0 Å². The van der Waals surface area contributed by atoms with E-state index in [1.54, 1.807) is 0 Å². The molecule has 152 valence electrons. The minimum absolute atomic E-state index is 0.0510. The lowest BCUT2D eigenvalue weighted by Gasteiger charge is -2.45. The summed E-state index contributed by atoms with van der Waals surface area (Å²) in [5.74, 6) is -3.26. The Hall–Kier alpha value is -2.05. The van der Waals surface area contributed by atoms with Gasteiger partial charge < -0.3 is 9.47 Å². The third kappa shape index (κ3) is 1.58. The Balaban J connectivity index is 1.29. The number of carbonyl (C=O) groups excluding carboxylic acids is 5. The van der Waals surface area contributed by atoms with Crippen LogP contribution in [0, 0.1) is 58.2 Å². The SMILES string of the molecule is O=C1OC(=O)C2C1CC1CCC2C12CCC1(CC3CC1C1C(=O)OC(=O)C31)C2=O. The van der Waals surface area contributed by atoms with Gasteiger partial charge in [-0.3, -0.25) is 24.0 Å². The van der Waals surface area contributed by atoms with E-state index in [-0.39, 0.29) is 41.3 Å². The topological polar surface area (TPSA) is 104 Å². The average Bonchev–Trinajstić information content (AvgIpc) is 3.46. The van der Waals surface area contributed by atoms with E-state index in [0.29, 0.717) is 12.8 Å². The Morgan fingerprint density at radius 1 is 0.724 bits per heavy atom. The summed E-state index contributed by atoms with van der Waals surface area (Å²) < 4.78 is 9.89. The van der Waals surface area contributed by atoms with E-state index in [0.717, 1.165) is 32.1 Å². The molecule has 0 radical (unpaired) electrons. The second kappa shape index (κ2) is 4.81. The summed E-state index contributed by atoms with van der Waals surface area (Å²) in [6, 6.07) is 0. The second-order valence-electron chi connectivity index (χ2n) is 10.6. The van der Waals surface area contributed by atoms with Crippen molar-refractivity contribution >= 4 is 29.7 Å². The number of ether oxygens (including phenoxy) is 2. The maximum Gasteiger partial charge on any atom is 0.317 e. The fourth-order valence-corrected chi connectivity index (χ4v) is 9.43. The van der Waals surface area contributed by atoms with Crippen LogP contribution in [0.15, 0.2) is 0 Å². The number of hydrogen-bond donors (Lipinski definition) is 0. The molecule has 10 atom stereocenters. The Morgan fingerprint density at radius 3 is 2.28 bits per heavy atom. The highest BCUT2D eigenvalue weighted by Gasteiger charge is 2.77. The molecule has 2 spiro atoms. The summed E-state index contributed by atoms with van der Waals surface area (Å²) >= 11 is 0.